The summed E-state index contributed by atoms with van der Waals surface area (Å²) in [5.74, 6) is -0.165. The monoisotopic (exact) mass is 253 g/mol. The molecule has 0 atom stereocenters. The smallest absolute Gasteiger partial charge is 0.234 e. The first-order valence-electron chi connectivity index (χ1n) is 6.12. The summed E-state index contributed by atoms with van der Waals surface area (Å²) in [5.41, 5.74) is 1.16. The number of nitriles is 1. The van der Waals surface area contributed by atoms with Crippen molar-refractivity contribution in [2.24, 2.45) is 0 Å². The summed E-state index contributed by atoms with van der Waals surface area (Å²) in [7, 11) is 0. The summed E-state index contributed by atoms with van der Waals surface area (Å²) in [6, 6.07) is 16.1. The fourth-order valence-electron chi connectivity index (χ4n) is 1.96. The summed E-state index contributed by atoms with van der Waals surface area (Å²) in [4.78, 5) is 11.3. The molecule has 0 unspecified atom stereocenters. The Labute approximate surface area is 112 Å². The van der Waals surface area contributed by atoms with Gasteiger partial charge < -0.3 is 10.6 Å². The SMILES string of the molecule is N#CCNC(=O)CNCc1cccc2ccccc12. The van der Waals surface area contributed by atoms with Gasteiger partial charge in [-0.3, -0.25) is 4.79 Å². The van der Waals surface area contributed by atoms with E-state index in [9.17, 15) is 4.79 Å². The second kappa shape index (κ2) is 6.53. The third-order valence-electron chi connectivity index (χ3n) is 2.85. The number of hydrogen-bond donors (Lipinski definition) is 2. The molecule has 0 saturated carbocycles. The number of carbonyl (C=O) groups is 1. The van der Waals surface area contributed by atoms with E-state index in [2.05, 4.69) is 28.8 Å². The van der Waals surface area contributed by atoms with E-state index in [0.717, 1.165) is 5.56 Å². The summed E-state index contributed by atoms with van der Waals surface area (Å²) < 4.78 is 0. The van der Waals surface area contributed by atoms with Crippen molar-refractivity contribution in [1.82, 2.24) is 10.6 Å². The van der Waals surface area contributed by atoms with Crippen molar-refractivity contribution >= 4 is 16.7 Å². The average Bonchev–Trinajstić information content (AvgIpc) is 2.45. The molecule has 0 heterocycles. The Hall–Kier alpha value is -2.38. The summed E-state index contributed by atoms with van der Waals surface area (Å²) in [6.07, 6.45) is 0. The first kappa shape index (κ1) is 13.1. The lowest BCUT2D eigenvalue weighted by atomic mass is 10.0. The molecule has 0 aliphatic rings. The molecule has 2 N–H and O–H groups in total. The van der Waals surface area contributed by atoms with E-state index in [1.165, 1.54) is 10.8 Å². The Kier molecular flexibility index (Phi) is 4.49. The van der Waals surface area contributed by atoms with Crippen molar-refractivity contribution in [3.63, 3.8) is 0 Å². The minimum Gasteiger partial charge on any atom is -0.342 e. The molecular formula is C15H15N3O. The molecule has 0 fully saturated rings. The van der Waals surface area contributed by atoms with E-state index in [4.69, 9.17) is 5.26 Å². The average molecular weight is 253 g/mol. The third-order valence-corrected chi connectivity index (χ3v) is 2.85. The Balaban J connectivity index is 1.95. The molecule has 4 nitrogen and oxygen atoms in total. The van der Waals surface area contributed by atoms with Crippen molar-refractivity contribution < 1.29 is 4.79 Å². The molecule has 2 aromatic carbocycles. The van der Waals surface area contributed by atoms with Gasteiger partial charge in [-0.1, -0.05) is 42.5 Å². The summed E-state index contributed by atoms with van der Waals surface area (Å²) >= 11 is 0. The van der Waals surface area contributed by atoms with Crippen LogP contribution in [0, 0.1) is 11.3 Å². The number of nitrogens with zero attached hydrogens (tertiary/aromatic N) is 1. The quantitative estimate of drug-likeness (QED) is 0.795. The first-order valence-corrected chi connectivity index (χ1v) is 6.12. The van der Waals surface area contributed by atoms with Gasteiger partial charge in [0.25, 0.3) is 0 Å². The van der Waals surface area contributed by atoms with E-state index in [-0.39, 0.29) is 19.0 Å². The summed E-state index contributed by atoms with van der Waals surface area (Å²) in [6.45, 7) is 0.890. The number of fused-ring (bicyclic) bond motifs is 1. The van der Waals surface area contributed by atoms with Gasteiger partial charge in [0.05, 0.1) is 12.6 Å². The van der Waals surface area contributed by atoms with Crippen LogP contribution in [0.4, 0.5) is 0 Å². The predicted molar refractivity (Wildman–Crippen MR) is 74.3 cm³/mol. The fraction of sp³-hybridized carbons (Fsp3) is 0.200. The van der Waals surface area contributed by atoms with Gasteiger partial charge in [-0.2, -0.15) is 5.26 Å². The fourth-order valence-corrected chi connectivity index (χ4v) is 1.96. The molecule has 4 heteroatoms. The summed E-state index contributed by atoms with van der Waals surface area (Å²) in [5, 5.41) is 16.3. The highest BCUT2D eigenvalue weighted by atomic mass is 16.1. The molecule has 0 bridgehead atoms. The zero-order valence-electron chi connectivity index (χ0n) is 10.5. The number of benzene rings is 2. The van der Waals surface area contributed by atoms with Gasteiger partial charge in [0.2, 0.25) is 5.91 Å². The molecule has 0 aliphatic heterocycles. The second-order valence-electron chi connectivity index (χ2n) is 4.18. The maximum atomic E-state index is 11.3. The number of rotatable bonds is 5. The second-order valence-corrected chi connectivity index (χ2v) is 4.18. The highest BCUT2D eigenvalue weighted by Crippen LogP contribution is 2.17. The van der Waals surface area contributed by atoms with E-state index in [0.29, 0.717) is 6.54 Å². The Morgan fingerprint density at radius 3 is 2.79 bits per heavy atom. The van der Waals surface area contributed by atoms with Gasteiger partial charge in [0.15, 0.2) is 0 Å². The van der Waals surface area contributed by atoms with Crippen LogP contribution in [0.5, 0.6) is 0 Å². The van der Waals surface area contributed by atoms with Crippen LogP contribution in [-0.2, 0) is 11.3 Å². The maximum Gasteiger partial charge on any atom is 0.234 e. The van der Waals surface area contributed by atoms with Crippen LogP contribution in [0.3, 0.4) is 0 Å². The Bertz CT molecular complexity index is 611. The lowest BCUT2D eigenvalue weighted by Gasteiger charge is -2.08. The van der Waals surface area contributed by atoms with Crippen LogP contribution in [0.2, 0.25) is 0 Å². The van der Waals surface area contributed by atoms with Crippen molar-refractivity contribution in [3.8, 4) is 6.07 Å². The highest BCUT2D eigenvalue weighted by molar-refractivity contribution is 5.85. The number of carbonyl (C=O) groups excluding carboxylic acids is 1. The Morgan fingerprint density at radius 1 is 1.16 bits per heavy atom. The molecular weight excluding hydrogens is 238 g/mol. The van der Waals surface area contributed by atoms with Crippen LogP contribution >= 0.6 is 0 Å². The first-order chi connectivity index (χ1) is 9.31. The molecule has 96 valence electrons. The van der Waals surface area contributed by atoms with Crippen LogP contribution in [0.1, 0.15) is 5.56 Å². The molecule has 0 radical (unpaired) electrons. The molecule has 2 rings (SSSR count). The highest BCUT2D eigenvalue weighted by Gasteiger charge is 2.02. The third kappa shape index (κ3) is 3.54. The van der Waals surface area contributed by atoms with Crippen LogP contribution in [-0.4, -0.2) is 19.0 Å². The van der Waals surface area contributed by atoms with Crippen molar-refractivity contribution in [1.29, 1.82) is 5.26 Å². The van der Waals surface area contributed by atoms with Crippen molar-refractivity contribution in [2.75, 3.05) is 13.1 Å². The van der Waals surface area contributed by atoms with Crippen LogP contribution in [0.25, 0.3) is 10.8 Å². The Morgan fingerprint density at radius 2 is 1.95 bits per heavy atom. The zero-order chi connectivity index (χ0) is 13.5. The number of hydrogen-bond acceptors (Lipinski definition) is 3. The van der Waals surface area contributed by atoms with Gasteiger partial charge >= 0.3 is 0 Å². The van der Waals surface area contributed by atoms with Crippen LogP contribution in [0.15, 0.2) is 42.5 Å². The van der Waals surface area contributed by atoms with Gasteiger partial charge in [0.1, 0.15) is 6.54 Å². The van der Waals surface area contributed by atoms with E-state index >= 15 is 0 Å². The standard InChI is InChI=1S/C15H15N3O/c16-8-9-18-15(19)11-17-10-13-6-3-5-12-4-1-2-7-14(12)13/h1-7,17H,9-11H2,(H,18,19). The molecule has 0 saturated heterocycles. The molecule has 2 aromatic rings. The van der Waals surface area contributed by atoms with Crippen molar-refractivity contribution in [2.45, 2.75) is 6.54 Å². The lowest BCUT2D eigenvalue weighted by molar-refractivity contribution is -0.120. The van der Waals surface area contributed by atoms with Crippen molar-refractivity contribution in [3.05, 3.63) is 48.0 Å². The van der Waals surface area contributed by atoms with E-state index < -0.39 is 0 Å². The molecule has 0 spiro atoms. The molecule has 0 aliphatic carbocycles. The van der Waals surface area contributed by atoms with Gasteiger partial charge in [-0.15, -0.1) is 0 Å². The number of amides is 1. The van der Waals surface area contributed by atoms with E-state index in [1.807, 2.05) is 30.3 Å². The minimum atomic E-state index is -0.165. The minimum absolute atomic E-state index is 0.0504. The molecule has 0 aromatic heterocycles. The van der Waals surface area contributed by atoms with Gasteiger partial charge in [-0.05, 0) is 16.3 Å². The topological polar surface area (TPSA) is 64.9 Å². The van der Waals surface area contributed by atoms with E-state index in [1.54, 1.807) is 0 Å². The predicted octanol–water partition coefficient (Wildman–Crippen LogP) is 1.57. The molecule has 1 amide bonds. The lowest BCUT2D eigenvalue weighted by Crippen LogP contribution is -2.33. The zero-order valence-corrected chi connectivity index (χ0v) is 10.5. The maximum absolute atomic E-state index is 11.3. The van der Waals surface area contributed by atoms with Gasteiger partial charge in [0, 0.05) is 6.54 Å². The van der Waals surface area contributed by atoms with Gasteiger partial charge in [-0.25, -0.2) is 0 Å². The normalized spacial score (nSPS) is 10.1. The van der Waals surface area contributed by atoms with Crippen LogP contribution < -0.4 is 10.6 Å². The number of nitrogens with one attached hydrogen (secondary N) is 2. The largest absolute Gasteiger partial charge is 0.342 e. The molecule has 19 heavy (non-hydrogen) atoms.